The monoisotopic (exact) mass is 314 g/mol. The second-order valence-corrected chi connectivity index (χ2v) is 5.56. The zero-order valence-corrected chi connectivity index (χ0v) is 13.7. The summed E-state index contributed by atoms with van der Waals surface area (Å²) in [6.45, 7) is 6.20. The molecule has 0 saturated heterocycles. The number of carbonyl (C=O) groups is 2. The molecule has 2 rings (SSSR count). The molecule has 0 radical (unpaired) electrons. The maximum atomic E-state index is 12.1. The Labute approximate surface area is 135 Å². The number of para-hydroxylation sites is 1. The lowest BCUT2D eigenvalue weighted by molar-refractivity contribution is -0.118. The molecule has 0 saturated carbocycles. The van der Waals surface area contributed by atoms with Crippen LogP contribution in [0.25, 0.3) is 5.69 Å². The Balaban J connectivity index is 2.36. The van der Waals surface area contributed by atoms with Crippen LogP contribution < -0.4 is 10.6 Å². The third-order valence-electron chi connectivity index (χ3n) is 3.25. The number of amides is 2. The molecule has 1 aromatic heterocycles. The Morgan fingerprint density at radius 1 is 1.22 bits per heavy atom. The smallest absolute Gasteiger partial charge is 0.271 e. The van der Waals surface area contributed by atoms with Gasteiger partial charge in [0.15, 0.2) is 5.69 Å². The van der Waals surface area contributed by atoms with Gasteiger partial charge in [0, 0.05) is 18.5 Å². The second-order valence-electron chi connectivity index (χ2n) is 5.56. The number of benzene rings is 1. The van der Waals surface area contributed by atoms with Gasteiger partial charge in [0.25, 0.3) is 5.91 Å². The fourth-order valence-electron chi connectivity index (χ4n) is 1.95. The van der Waals surface area contributed by atoms with Gasteiger partial charge in [-0.1, -0.05) is 39.0 Å². The van der Waals surface area contributed by atoms with Crippen molar-refractivity contribution < 1.29 is 9.59 Å². The first-order valence-electron chi connectivity index (χ1n) is 7.77. The first-order valence-corrected chi connectivity index (χ1v) is 7.77. The van der Waals surface area contributed by atoms with Gasteiger partial charge < -0.3 is 10.6 Å². The lowest BCUT2D eigenvalue weighted by Gasteiger charge is -2.10. The minimum atomic E-state index is -0.249. The Morgan fingerprint density at radius 3 is 2.52 bits per heavy atom. The van der Waals surface area contributed by atoms with Gasteiger partial charge in [-0.25, -0.2) is 4.68 Å². The number of nitrogens with zero attached hydrogens (tertiary/aromatic N) is 2. The molecule has 122 valence electrons. The molecular formula is C17H22N4O2. The summed E-state index contributed by atoms with van der Waals surface area (Å²) in [7, 11) is 0. The number of anilines is 1. The molecule has 1 heterocycles. The van der Waals surface area contributed by atoms with E-state index in [1.807, 2.05) is 51.1 Å². The molecule has 2 amide bonds. The molecule has 2 N–H and O–H groups in total. The fourth-order valence-corrected chi connectivity index (χ4v) is 1.95. The summed E-state index contributed by atoms with van der Waals surface area (Å²) in [6, 6.07) is 11.0. The van der Waals surface area contributed by atoms with Gasteiger partial charge in [-0.3, -0.25) is 9.59 Å². The van der Waals surface area contributed by atoms with E-state index in [4.69, 9.17) is 0 Å². The van der Waals surface area contributed by atoms with Gasteiger partial charge in [-0.2, -0.15) is 5.10 Å². The maximum Gasteiger partial charge on any atom is 0.271 e. The summed E-state index contributed by atoms with van der Waals surface area (Å²) in [6.07, 6.45) is 0.849. The van der Waals surface area contributed by atoms with Crippen LogP contribution in [-0.4, -0.2) is 28.1 Å². The lowest BCUT2D eigenvalue weighted by Crippen LogP contribution is -2.24. The van der Waals surface area contributed by atoms with E-state index in [1.54, 1.807) is 10.7 Å². The molecule has 0 aliphatic heterocycles. The number of hydrogen-bond acceptors (Lipinski definition) is 3. The average Bonchev–Trinajstić information content (AvgIpc) is 2.97. The summed E-state index contributed by atoms with van der Waals surface area (Å²) in [4.78, 5) is 24.1. The van der Waals surface area contributed by atoms with E-state index in [0.29, 0.717) is 12.4 Å². The molecule has 6 heteroatoms. The second kappa shape index (κ2) is 7.58. The lowest BCUT2D eigenvalue weighted by atomic mass is 10.2. The first kappa shape index (κ1) is 16.7. The van der Waals surface area contributed by atoms with E-state index >= 15 is 0 Å². The zero-order chi connectivity index (χ0) is 16.8. The van der Waals surface area contributed by atoms with Crippen molar-refractivity contribution in [1.29, 1.82) is 0 Å². The standard InChI is InChI=1S/C17H22N4O2/c1-4-10-18-17(23)14-11-15(19-16(22)12(2)3)21(20-14)13-8-6-5-7-9-13/h5-9,11-12H,4,10H2,1-3H3,(H,18,23)(H,19,22). The van der Waals surface area contributed by atoms with E-state index < -0.39 is 0 Å². The van der Waals surface area contributed by atoms with Crippen molar-refractivity contribution in [2.45, 2.75) is 27.2 Å². The van der Waals surface area contributed by atoms with E-state index in [1.165, 1.54) is 0 Å². The Hall–Kier alpha value is -2.63. The molecule has 0 fully saturated rings. The molecule has 6 nitrogen and oxygen atoms in total. The minimum Gasteiger partial charge on any atom is -0.351 e. The SMILES string of the molecule is CCCNC(=O)c1cc(NC(=O)C(C)C)n(-c2ccccc2)n1. The highest BCUT2D eigenvalue weighted by Crippen LogP contribution is 2.18. The number of nitrogens with one attached hydrogen (secondary N) is 2. The third-order valence-corrected chi connectivity index (χ3v) is 3.25. The Morgan fingerprint density at radius 2 is 1.91 bits per heavy atom. The van der Waals surface area contributed by atoms with Gasteiger partial charge in [0.1, 0.15) is 5.82 Å². The highest BCUT2D eigenvalue weighted by molar-refractivity contribution is 5.96. The van der Waals surface area contributed by atoms with Crippen LogP contribution in [0.15, 0.2) is 36.4 Å². The summed E-state index contributed by atoms with van der Waals surface area (Å²) in [5.74, 6) is -0.0489. The van der Waals surface area contributed by atoms with Crippen LogP contribution in [0.5, 0.6) is 0 Å². The molecule has 0 atom stereocenters. The molecule has 0 unspecified atom stereocenters. The molecule has 0 spiro atoms. The molecule has 2 aromatic rings. The van der Waals surface area contributed by atoms with Crippen LogP contribution in [0.3, 0.4) is 0 Å². The number of carbonyl (C=O) groups excluding carboxylic acids is 2. The highest BCUT2D eigenvalue weighted by atomic mass is 16.2. The van der Waals surface area contributed by atoms with Crippen molar-refractivity contribution >= 4 is 17.6 Å². The highest BCUT2D eigenvalue weighted by Gasteiger charge is 2.17. The minimum absolute atomic E-state index is 0.123. The quantitative estimate of drug-likeness (QED) is 0.860. The predicted octanol–water partition coefficient (Wildman–Crippen LogP) is 2.61. The van der Waals surface area contributed by atoms with Gasteiger partial charge in [-0.05, 0) is 18.6 Å². The van der Waals surface area contributed by atoms with Crippen molar-refractivity contribution in [2.75, 3.05) is 11.9 Å². The maximum absolute atomic E-state index is 12.1. The van der Waals surface area contributed by atoms with Crippen molar-refractivity contribution in [3.8, 4) is 5.69 Å². The molecule has 0 bridgehead atoms. The summed E-state index contributed by atoms with van der Waals surface area (Å²) >= 11 is 0. The van der Waals surface area contributed by atoms with Crippen LogP contribution in [-0.2, 0) is 4.79 Å². The first-order chi connectivity index (χ1) is 11.0. The van der Waals surface area contributed by atoms with Gasteiger partial charge in [0.05, 0.1) is 5.69 Å². The van der Waals surface area contributed by atoms with Gasteiger partial charge in [0.2, 0.25) is 5.91 Å². The predicted molar refractivity (Wildman–Crippen MR) is 89.7 cm³/mol. The number of aromatic nitrogens is 2. The zero-order valence-electron chi connectivity index (χ0n) is 13.7. The molecule has 23 heavy (non-hydrogen) atoms. The summed E-state index contributed by atoms with van der Waals surface area (Å²) < 4.78 is 1.57. The summed E-state index contributed by atoms with van der Waals surface area (Å²) in [5.41, 5.74) is 1.06. The molecular weight excluding hydrogens is 292 g/mol. The van der Waals surface area contributed by atoms with E-state index in [-0.39, 0.29) is 23.4 Å². The van der Waals surface area contributed by atoms with Gasteiger partial charge in [-0.15, -0.1) is 0 Å². The fraction of sp³-hybridized carbons (Fsp3) is 0.353. The average molecular weight is 314 g/mol. The number of rotatable bonds is 6. The van der Waals surface area contributed by atoms with Crippen LogP contribution >= 0.6 is 0 Å². The van der Waals surface area contributed by atoms with Crippen molar-refractivity contribution in [3.05, 3.63) is 42.1 Å². The molecule has 0 aliphatic rings. The van der Waals surface area contributed by atoms with E-state index in [0.717, 1.165) is 12.1 Å². The van der Waals surface area contributed by atoms with Crippen LogP contribution in [0, 0.1) is 5.92 Å². The summed E-state index contributed by atoms with van der Waals surface area (Å²) in [5, 5.41) is 9.95. The third kappa shape index (κ3) is 4.18. The van der Waals surface area contributed by atoms with E-state index in [9.17, 15) is 9.59 Å². The Kier molecular flexibility index (Phi) is 5.51. The molecule has 1 aromatic carbocycles. The van der Waals surface area contributed by atoms with E-state index in [2.05, 4.69) is 15.7 Å². The topological polar surface area (TPSA) is 76.0 Å². The number of hydrogen-bond donors (Lipinski definition) is 2. The van der Waals surface area contributed by atoms with Crippen LogP contribution in [0.4, 0.5) is 5.82 Å². The van der Waals surface area contributed by atoms with Crippen LogP contribution in [0.2, 0.25) is 0 Å². The Bertz CT molecular complexity index is 677. The van der Waals surface area contributed by atoms with Crippen LogP contribution in [0.1, 0.15) is 37.7 Å². The molecule has 0 aliphatic carbocycles. The van der Waals surface area contributed by atoms with Crippen molar-refractivity contribution in [1.82, 2.24) is 15.1 Å². The van der Waals surface area contributed by atoms with Crippen molar-refractivity contribution in [3.63, 3.8) is 0 Å². The largest absolute Gasteiger partial charge is 0.351 e. The van der Waals surface area contributed by atoms with Gasteiger partial charge >= 0.3 is 0 Å². The normalized spacial score (nSPS) is 10.6. The van der Waals surface area contributed by atoms with Crippen molar-refractivity contribution in [2.24, 2.45) is 5.92 Å².